The zero-order valence-electron chi connectivity index (χ0n) is 12.1. The van der Waals surface area contributed by atoms with Crippen LogP contribution in [0.25, 0.3) is 10.9 Å². The molecule has 0 spiro atoms. The molecule has 0 saturated heterocycles. The van der Waals surface area contributed by atoms with Gasteiger partial charge in [-0.2, -0.15) is 5.26 Å². The van der Waals surface area contributed by atoms with Gasteiger partial charge in [-0.3, -0.25) is 4.98 Å². The number of aromatic nitrogens is 1. The van der Waals surface area contributed by atoms with Crippen LogP contribution in [0.15, 0.2) is 30.5 Å². The third kappa shape index (κ3) is 3.06. The van der Waals surface area contributed by atoms with Crippen LogP contribution in [-0.2, 0) is 0 Å². The number of pyridine rings is 1. The first kappa shape index (κ1) is 14.3. The van der Waals surface area contributed by atoms with Gasteiger partial charge in [0.2, 0.25) is 0 Å². The molecule has 20 heavy (non-hydrogen) atoms. The molecule has 4 heteroatoms. The van der Waals surface area contributed by atoms with Crippen LogP contribution >= 0.6 is 0 Å². The van der Waals surface area contributed by atoms with Gasteiger partial charge >= 0.3 is 0 Å². The number of anilines is 1. The van der Waals surface area contributed by atoms with Gasteiger partial charge in [0.25, 0.3) is 0 Å². The first-order valence-electron chi connectivity index (χ1n) is 7.04. The average molecular weight is 268 g/mol. The summed E-state index contributed by atoms with van der Waals surface area (Å²) in [6.07, 6.45) is 1.64. The van der Waals surface area contributed by atoms with E-state index in [2.05, 4.69) is 35.1 Å². The molecule has 0 radical (unpaired) electrons. The monoisotopic (exact) mass is 268 g/mol. The molecule has 0 aliphatic heterocycles. The van der Waals surface area contributed by atoms with Crippen LogP contribution < -0.4 is 5.32 Å². The third-order valence-corrected chi connectivity index (χ3v) is 3.52. The summed E-state index contributed by atoms with van der Waals surface area (Å²) in [6.45, 7) is 8.19. The molecule has 104 valence electrons. The number of nitriles is 1. The van der Waals surface area contributed by atoms with Crippen LogP contribution in [0.3, 0.4) is 0 Å². The lowest BCUT2D eigenvalue weighted by atomic mass is 10.1. The van der Waals surface area contributed by atoms with Crippen molar-refractivity contribution in [3.63, 3.8) is 0 Å². The summed E-state index contributed by atoms with van der Waals surface area (Å²) in [5.74, 6) is 0. The standard InChI is InChI=1S/C16H20N4/c1-3-20(4-2)10-9-18-16-13(11-17)12-19-15-8-6-5-7-14(15)16/h5-8,12H,3-4,9-10H2,1-2H3,(H,18,19). The molecular formula is C16H20N4. The van der Waals surface area contributed by atoms with E-state index >= 15 is 0 Å². The topological polar surface area (TPSA) is 52.0 Å². The summed E-state index contributed by atoms with van der Waals surface area (Å²) in [5, 5.41) is 13.6. The van der Waals surface area contributed by atoms with Gasteiger partial charge < -0.3 is 10.2 Å². The van der Waals surface area contributed by atoms with Gasteiger partial charge in [0, 0.05) is 24.7 Å². The van der Waals surface area contributed by atoms with E-state index in [0.29, 0.717) is 5.56 Å². The number of para-hydroxylation sites is 1. The first-order chi connectivity index (χ1) is 9.80. The Morgan fingerprint density at radius 2 is 2.00 bits per heavy atom. The second-order valence-corrected chi connectivity index (χ2v) is 4.63. The summed E-state index contributed by atoms with van der Waals surface area (Å²) in [5.41, 5.74) is 2.41. The summed E-state index contributed by atoms with van der Waals surface area (Å²) >= 11 is 0. The normalized spacial score (nSPS) is 10.7. The minimum atomic E-state index is 0.600. The summed E-state index contributed by atoms with van der Waals surface area (Å²) < 4.78 is 0. The van der Waals surface area contributed by atoms with Crippen LogP contribution in [0, 0.1) is 11.3 Å². The SMILES string of the molecule is CCN(CC)CCNc1c(C#N)cnc2ccccc12. The maximum Gasteiger partial charge on any atom is 0.103 e. The smallest absolute Gasteiger partial charge is 0.103 e. The van der Waals surface area contributed by atoms with Crippen molar-refractivity contribution < 1.29 is 0 Å². The Hall–Kier alpha value is -2.12. The van der Waals surface area contributed by atoms with Crippen molar-refractivity contribution in [2.45, 2.75) is 13.8 Å². The number of nitrogens with one attached hydrogen (secondary N) is 1. The van der Waals surface area contributed by atoms with Crippen molar-refractivity contribution in [2.75, 3.05) is 31.5 Å². The molecule has 2 rings (SSSR count). The zero-order valence-corrected chi connectivity index (χ0v) is 12.1. The molecule has 0 unspecified atom stereocenters. The number of likely N-dealkylation sites (N-methyl/N-ethyl adjacent to an activating group) is 1. The lowest BCUT2D eigenvalue weighted by Gasteiger charge is -2.19. The van der Waals surface area contributed by atoms with E-state index in [9.17, 15) is 5.26 Å². The Morgan fingerprint density at radius 3 is 2.70 bits per heavy atom. The number of hydrogen-bond acceptors (Lipinski definition) is 4. The highest BCUT2D eigenvalue weighted by molar-refractivity contribution is 5.93. The van der Waals surface area contributed by atoms with E-state index in [0.717, 1.165) is 42.8 Å². The minimum absolute atomic E-state index is 0.600. The van der Waals surface area contributed by atoms with Gasteiger partial charge in [0.15, 0.2) is 0 Å². The second-order valence-electron chi connectivity index (χ2n) is 4.63. The highest BCUT2D eigenvalue weighted by Gasteiger charge is 2.08. The molecule has 1 N–H and O–H groups in total. The molecule has 0 saturated carbocycles. The molecule has 0 amide bonds. The average Bonchev–Trinajstić information content (AvgIpc) is 2.51. The van der Waals surface area contributed by atoms with E-state index in [1.807, 2.05) is 24.3 Å². The van der Waals surface area contributed by atoms with E-state index in [1.165, 1.54) is 0 Å². The highest BCUT2D eigenvalue weighted by atomic mass is 15.1. The van der Waals surface area contributed by atoms with Crippen LogP contribution in [-0.4, -0.2) is 36.1 Å². The molecule has 1 aromatic heterocycles. The molecular weight excluding hydrogens is 248 g/mol. The Bertz CT molecular complexity index is 611. The highest BCUT2D eigenvalue weighted by Crippen LogP contribution is 2.24. The lowest BCUT2D eigenvalue weighted by Crippen LogP contribution is -2.28. The predicted molar refractivity (Wildman–Crippen MR) is 82.7 cm³/mol. The predicted octanol–water partition coefficient (Wildman–Crippen LogP) is 2.86. The van der Waals surface area contributed by atoms with Crippen molar-refractivity contribution in [1.82, 2.24) is 9.88 Å². The van der Waals surface area contributed by atoms with E-state index in [-0.39, 0.29) is 0 Å². The van der Waals surface area contributed by atoms with E-state index in [4.69, 9.17) is 0 Å². The molecule has 0 aliphatic rings. The molecule has 0 atom stereocenters. The van der Waals surface area contributed by atoms with Crippen LogP contribution in [0.5, 0.6) is 0 Å². The van der Waals surface area contributed by atoms with E-state index in [1.54, 1.807) is 6.20 Å². The molecule has 1 aromatic carbocycles. The fourth-order valence-corrected chi connectivity index (χ4v) is 2.30. The van der Waals surface area contributed by atoms with Crippen molar-refractivity contribution in [3.05, 3.63) is 36.0 Å². The van der Waals surface area contributed by atoms with Crippen LogP contribution in [0.1, 0.15) is 19.4 Å². The molecule has 1 heterocycles. The van der Waals surface area contributed by atoms with Crippen LogP contribution in [0.2, 0.25) is 0 Å². The number of rotatable bonds is 6. The first-order valence-corrected chi connectivity index (χ1v) is 7.04. The largest absolute Gasteiger partial charge is 0.382 e. The van der Waals surface area contributed by atoms with Crippen LogP contribution in [0.4, 0.5) is 5.69 Å². The third-order valence-electron chi connectivity index (χ3n) is 3.52. The van der Waals surface area contributed by atoms with Crippen molar-refractivity contribution in [2.24, 2.45) is 0 Å². The van der Waals surface area contributed by atoms with Crippen molar-refractivity contribution in [1.29, 1.82) is 5.26 Å². The number of hydrogen-bond donors (Lipinski definition) is 1. The Balaban J connectivity index is 2.21. The second kappa shape index (κ2) is 6.88. The zero-order chi connectivity index (χ0) is 14.4. The number of benzene rings is 1. The van der Waals surface area contributed by atoms with Gasteiger partial charge in [0.1, 0.15) is 6.07 Å². The fourth-order valence-electron chi connectivity index (χ4n) is 2.30. The molecule has 4 nitrogen and oxygen atoms in total. The summed E-state index contributed by atoms with van der Waals surface area (Å²) in [6, 6.07) is 10.1. The maximum atomic E-state index is 9.24. The number of fused-ring (bicyclic) bond motifs is 1. The Labute approximate surface area is 120 Å². The van der Waals surface area contributed by atoms with Gasteiger partial charge in [-0.1, -0.05) is 32.0 Å². The van der Waals surface area contributed by atoms with Crippen molar-refractivity contribution in [3.8, 4) is 6.07 Å². The van der Waals surface area contributed by atoms with Gasteiger partial charge in [0.05, 0.1) is 16.8 Å². The van der Waals surface area contributed by atoms with Gasteiger partial charge in [-0.05, 0) is 19.2 Å². The Kier molecular flexibility index (Phi) is 4.91. The van der Waals surface area contributed by atoms with Crippen molar-refractivity contribution >= 4 is 16.6 Å². The minimum Gasteiger partial charge on any atom is -0.382 e. The van der Waals surface area contributed by atoms with Gasteiger partial charge in [-0.25, -0.2) is 0 Å². The maximum absolute atomic E-state index is 9.24. The lowest BCUT2D eigenvalue weighted by molar-refractivity contribution is 0.316. The summed E-state index contributed by atoms with van der Waals surface area (Å²) in [7, 11) is 0. The molecule has 0 aliphatic carbocycles. The molecule has 0 fully saturated rings. The fraction of sp³-hybridized carbons (Fsp3) is 0.375. The Morgan fingerprint density at radius 1 is 1.25 bits per heavy atom. The molecule has 0 bridgehead atoms. The quantitative estimate of drug-likeness (QED) is 0.875. The van der Waals surface area contributed by atoms with Gasteiger partial charge in [-0.15, -0.1) is 0 Å². The molecule has 2 aromatic rings. The number of nitrogens with zero attached hydrogens (tertiary/aromatic N) is 3. The van der Waals surface area contributed by atoms with E-state index < -0.39 is 0 Å². The summed E-state index contributed by atoms with van der Waals surface area (Å²) in [4.78, 5) is 6.66.